The first kappa shape index (κ1) is 17.7. The Labute approximate surface area is 158 Å². The molecule has 1 fully saturated rings. The summed E-state index contributed by atoms with van der Waals surface area (Å²) < 4.78 is 11.2. The maximum atomic E-state index is 12.1. The summed E-state index contributed by atoms with van der Waals surface area (Å²) in [5.74, 6) is 0.154. The molecule has 0 atom stereocenters. The number of hydrogen-bond acceptors (Lipinski definition) is 7. The van der Waals surface area contributed by atoms with Crippen LogP contribution in [0.4, 0.5) is 0 Å². The standard InChI is InChI=1S/C17H13NO4S3/c1-18-15(19)14(25-17(18)23)9-10-5-6-11(12(8-10)21-2)22-16(20)13-4-3-7-24-13/h3-9H,1-2H3/b14-9+. The molecule has 0 bridgehead atoms. The Morgan fingerprint density at radius 3 is 2.68 bits per heavy atom. The number of methoxy groups -OCH3 is 1. The maximum absolute atomic E-state index is 12.1. The highest BCUT2D eigenvalue weighted by atomic mass is 32.2. The molecule has 1 aliphatic rings. The predicted octanol–water partition coefficient (Wildman–Crippen LogP) is 3.81. The molecule has 128 valence electrons. The van der Waals surface area contributed by atoms with E-state index in [1.54, 1.807) is 48.8 Å². The Balaban J connectivity index is 1.84. The molecule has 2 aromatic rings. The number of ether oxygens (including phenoxy) is 2. The van der Waals surface area contributed by atoms with Crippen molar-refractivity contribution in [2.24, 2.45) is 0 Å². The summed E-state index contributed by atoms with van der Waals surface area (Å²) in [4.78, 5) is 26.6. The Kier molecular flexibility index (Phi) is 5.22. The number of thiocarbonyl (C=S) groups is 1. The van der Waals surface area contributed by atoms with Gasteiger partial charge in [-0.25, -0.2) is 4.79 Å². The molecule has 8 heteroatoms. The van der Waals surface area contributed by atoms with E-state index in [1.807, 2.05) is 0 Å². The number of carbonyl (C=O) groups is 2. The molecule has 2 heterocycles. The Morgan fingerprint density at radius 2 is 2.08 bits per heavy atom. The Morgan fingerprint density at radius 1 is 1.28 bits per heavy atom. The molecule has 0 aliphatic carbocycles. The molecule has 0 saturated carbocycles. The van der Waals surface area contributed by atoms with Crippen LogP contribution in [0.5, 0.6) is 11.5 Å². The van der Waals surface area contributed by atoms with Crippen molar-refractivity contribution in [3.8, 4) is 11.5 Å². The second-order valence-electron chi connectivity index (χ2n) is 5.02. The van der Waals surface area contributed by atoms with Crippen LogP contribution in [0.15, 0.2) is 40.6 Å². The van der Waals surface area contributed by atoms with Gasteiger partial charge in [0.25, 0.3) is 5.91 Å². The molecule has 3 rings (SSSR count). The summed E-state index contributed by atoms with van der Waals surface area (Å²) in [6, 6.07) is 8.58. The number of carbonyl (C=O) groups excluding carboxylic acids is 2. The van der Waals surface area contributed by atoms with E-state index in [9.17, 15) is 9.59 Å². The number of hydrogen-bond donors (Lipinski definition) is 0. The van der Waals surface area contributed by atoms with Gasteiger partial charge in [-0.05, 0) is 35.2 Å². The minimum absolute atomic E-state index is 0.137. The van der Waals surface area contributed by atoms with Crippen molar-refractivity contribution in [1.29, 1.82) is 0 Å². The van der Waals surface area contributed by atoms with Gasteiger partial charge in [0.15, 0.2) is 11.5 Å². The van der Waals surface area contributed by atoms with Gasteiger partial charge in [-0.2, -0.15) is 0 Å². The van der Waals surface area contributed by atoms with Gasteiger partial charge in [0.2, 0.25) is 0 Å². The molecule has 1 aromatic carbocycles. The lowest BCUT2D eigenvalue weighted by atomic mass is 10.2. The molecule has 1 saturated heterocycles. The first-order valence-electron chi connectivity index (χ1n) is 7.15. The minimum atomic E-state index is -0.437. The molecule has 0 spiro atoms. The molecule has 1 amide bonds. The van der Waals surface area contributed by atoms with E-state index < -0.39 is 5.97 Å². The number of rotatable bonds is 4. The highest BCUT2D eigenvalue weighted by molar-refractivity contribution is 8.26. The molecule has 0 radical (unpaired) electrons. The summed E-state index contributed by atoms with van der Waals surface area (Å²) in [6.07, 6.45) is 1.73. The average Bonchev–Trinajstić information content (AvgIpc) is 3.22. The Hall–Kier alpha value is -2.16. The van der Waals surface area contributed by atoms with E-state index in [-0.39, 0.29) is 5.91 Å². The smallest absolute Gasteiger partial charge is 0.353 e. The average molecular weight is 391 g/mol. The van der Waals surface area contributed by atoms with Gasteiger partial charge in [-0.3, -0.25) is 9.69 Å². The highest BCUT2D eigenvalue weighted by Gasteiger charge is 2.28. The molecule has 0 unspecified atom stereocenters. The number of amides is 1. The van der Waals surface area contributed by atoms with Crippen LogP contribution in [0.25, 0.3) is 6.08 Å². The predicted molar refractivity (Wildman–Crippen MR) is 103 cm³/mol. The Bertz CT molecular complexity index is 874. The van der Waals surface area contributed by atoms with Crippen molar-refractivity contribution in [2.75, 3.05) is 14.2 Å². The van der Waals surface area contributed by atoms with Gasteiger partial charge < -0.3 is 9.47 Å². The fourth-order valence-electron chi connectivity index (χ4n) is 2.10. The molecule has 25 heavy (non-hydrogen) atoms. The first-order chi connectivity index (χ1) is 12.0. The van der Waals surface area contributed by atoms with E-state index in [1.165, 1.54) is 35.1 Å². The van der Waals surface area contributed by atoms with Crippen LogP contribution in [0.1, 0.15) is 15.2 Å². The van der Waals surface area contributed by atoms with Crippen LogP contribution in [0.2, 0.25) is 0 Å². The van der Waals surface area contributed by atoms with Crippen LogP contribution >= 0.6 is 35.3 Å². The molecular formula is C17H13NO4S3. The van der Waals surface area contributed by atoms with Gasteiger partial charge in [0.05, 0.1) is 12.0 Å². The zero-order chi connectivity index (χ0) is 18.0. The lowest BCUT2D eigenvalue weighted by Crippen LogP contribution is -2.22. The number of thioether (sulfide) groups is 1. The van der Waals surface area contributed by atoms with Crippen LogP contribution in [-0.2, 0) is 4.79 Å². The van der Waals surface area contributed by atoms with E-state index >= 15 is 0 Å². The molecule has 5 nitrogen and oxygen atoms in total. The SMILES string of the molecule is COc1cc(/C=C2/SC(=S)N(C)C2=O)ccc1OC(=O)c1cccs1. The number of esters is 1. The lowest BCUT2D eigenvalue weighted by Gasteiger charge is -2.09. The second-order valence-corrected chi connectivity index (χ2v) is 7.64. The van der Waals surface area contributed by atoms with E-state index in [4.69, 9.17) is 21.7 Å². The van der Waals surface area contributed by atoms with Crippen LogP contribution in [0, 0.1) is 0 Å². The molecule has 1 aromatic heterocycles. The minimum Gasteiger partial charge on any atom is -0.493 e. The third-order valence-corrected chi connectivity index (χ3v) is 5.73. The van der Waals surface area contributed by atoms with Gasteiger partial charge in [-0.15, -0.1) is 11.3 Å². The summed E-state index contributed by atoms with van der Waals surface area (Å²) in [6.45, 7) is 0. The van der Waals surface area contributed by atoms with Crippen molar-refractivity contribution in [3.63, 3.8) is 0 Å². The van der Waals surface area contributed by atoms with Crippen LogP contribution < -0.4 is 9.47 Å². The summed E-state index contributed by atoms with van der Waals surface area (Å²) in [5.41, 5.74) is 0.752. The van der Waals surface area contributed by atoms with Gasteiger partial charge in [0, 0.05) is 7.05 Å². The van der Waals surface area contributed by atoms with Crippen LogP contribution in [0.3, 0.4) is 0 Å². The number of benzene rings is 1. The molecule has 1 aliphatic heterocycles. The first-order valence-corrected chi connectivity index (χ1v) is 9.25. The fraction of sp³-hybridized carbons (Fsp3) is 0.118. The number of thiophene rings is 1. The van der Waals surface area contributed by atoms with Gasteiger partial charge in [-0.1, -0.05) is 36.1 Å². The third kappa shape index (κ3) is 3.76. The van der Waals surface area contributed by atoms with Crippen molar-refractivity contribution in [2.45, 2.75) is 0 Å². The fourth-order valence-corrected chi connectivity index (χ4v) is 3.88. The highest BCUT2D eigenvalue weighted by Crippen LogP contribution is 2.34. The quantitative estimate of drug-likeness (QED) is 0.342. The summed E-state index contributed by atoms with van der Waals surface area (Å²) in [5, 5.41) is 1.81. The van der Waals surface area contributed by atoms with E-state index in [0.717, 1.165) is 5.56 Å². The number of nitrogens with zero attached hydrogens (tertiary/aromatic N) is 1. The normalized spacial score (nSPS) is 15.8. The van der Waals surface area contributed by atoms with Gasteiger partial charge in [0.1, 0.15) is 9.20 Å². The molecular weight excluding hydrogens is 378 g/mol. The van der Waals surface area contributed by atoms with Crippen molar-refractivity contribution in [1.82, 2.24) is 4.90 Å². The summed E-state index contributed by atoms with van der Waals surface area (Å²) in [7, 11) is 3.14. The van der Waals surface area contributed by atoms with Crippen molar-refractivity contribution >= 4 is 57.6 Å². The monoisotopic (exact) mass is 391 g/mol. The second kappa shape index (κ2) is 7.38. The lowest BCUT2D eigenvalue weighted by molar-refractivity contribution is -0.121. The van der Waals surface area contributed by atoms with E-state index in [0.29, 0.717) is 25.6 Å². The van der Waals surface area contributed by atoms with Crippen LogP contribution in [-0.4, -0.2) is 35.3 Å². The largest absolute Gasteiger partial charge is 0.493 e. The molecule has 0 N–H and O–H groups in total. The van der Waals surface area contributed by atoms with Gasteiger partial charge >= 0.3 is 5.97 Å². The summed E-state index contributed by atoms with van der Waals surface area (Å²) >= 11 is 7.67. The van der Waals surface area contributed by atoms with Crippen molar-refractivity contribution in [3.05, 3.63) is 51.1 Å². The number of likely N-dealkylation sites (N-methyl/N-ethyl adjacent to an activating group) is 1. The third-order valence-electron chi connectivity index (χ3n) is 3.40. The topological polar surface area (TPSA) is 55.8 Å². The zero-order valence-electron chi connectivity index (χ0n) is 13.3. The maximum Gasteiger partial charge on any atom is 0.353 e. The zero-order valence-corrected chi connectivity index (χ0v) is 15.8. The van der Waals surface area contributed by atoms with E-state index in [2.05, 4.69) is 0 Å². The van der Waals surface area contributed by atoms with Crippen molar-refractivity contribution < 1.29 is 19.1 Å².